The molecule has 0 aliphatic rings. The first-order valence-corrected chi connectivity index (χ1v) is 12.2. The molecule has 2 aromatic heterocycles. The molecule has 2 N–H and O–H groups in total. The second-order valence-electron chi connectivity index (χ2n) is 9.74. The Morgan fingerprint density at radius 2 is 1.82 bits per heavy atom. The second kappa shape index (κ2) is 10.0. The zero-order valence-corrected chi connectivity index (χ0v) is 21.0. The summed E-state index contributed by atoms with van der Waals surface area (Å²) in [6.07, 6.45) is 5.60. The monoisotopic (exact) mass is 446 g/mol. The maximum Gasteiger partial charge on any atom is 0.134 e. The Morgan fingerprint density at radius 1 is 1.03 bits per heavy atom. The largest absolute Gasteiger partial charge is 0.497 e. The number of rotatable bonds is 10. The molecule has 0 spiro atoms. The van der Waals surface area contributed by atoms with Gasteiger partial charge in [0.1, 0.15) is 11.6 Å². The second-order valence-corrected chi connectivity index (χ2v) is 9.74. The molecule has 0 unspecified atom stereocenters. The molecule has 0 amide bonds. The van der Waals surface area contributed by atoms with Gasteiger partial charge in [-0.3, -0.25) is 0 Å². The van der Waals surface area contributed by atoms with E-state index in [0.717, 1.165) is 42.5 Å². The Labute approximate surface area is 197 Å². The molecule has 0 saturated carbocycles. The summed E-state index contributed by atoms with van der Waals surface area (Å²) < 4.78 is 5.50. The molecule has 0 aliphatic heterocycles. The highest BCUT2D eigenvalue weighted by Crippen LogP contribution is 2.39. The first kappa shape index (κ1) is 23.4. The number of benzene rings is 2. The van der Waals surface area contributed by atoms with E-state index in [2.05, 4.69) is 68.1 Å². The van der Waals surface area contributed by atoms with Gasteiger partial charge in [0.05, 0.1) is 12.6 Å². The molecule has 5 nitrogen and oxygen atoms in total. The van der Waals surface area contributed by atoms with Crippen molar-refractivity contribution in [3.05, 3.63) is 41.6 Å². The number of anilines is 1. The van der Waals surface area contributed by atoms with E-state index in [9.17, 15) is 0 Å². The normalized spacial score (nSPS) is 12.0. The smallest absolute Gasteiger partial charge is 0.134 e. The molecule has 0 saturated heterocycles. The Bertz CT molecular complexity index is 1260. The number of H-pyrrole nitrogens is 1. The van der Waals surface area contributed by atoms with Crippen molar-refractivity contribution < 1.29 is 4.74 Å². The van der Waals surface area contributed by atoms with Crippen molar-refractivity contribution in [3.8, 4) is 5.75 Å². The Balaban J connectivity index is 1.59. The van der Waals surface area contributed by atoms with Crippen molar-refractivity contribution >= 4 is 38.4 Å². The SMILES string of the molecule is COc1ccc2[nH]c3c(C)c4ccnc(NCCCN(C)CCCC(C)C)c4c(C)c3c2c1. The summed E-state index contributed by atoms with van der Waals surface area (Å²) in [5.74, 6) is 2.64. The fraction of sp³-hybridized carbons (Fsp3) is 0.464. The van der Waals surface area contributed by atoms with Gasteiger partial charge in [-0.1, -0.05) is 13.8 Å². The fourth-order valence-electron chi connectivity index (χ4n) is 4.95. The summed E-state index contributed by atoms with van der Waals surface area (Å²) in [6, 6.07) is 8.38. The average molecular weight is 447 g/mol. The van der Waals surface area contributed by atoms with Gasteiger partial charge in [0.25, 0.3) is 0 Å². The van der Waals surface area contributed by atoms with Crippen molar-refractivity contribution in [3.63, 3.8) is 0 Å². The summed E-state index contributed by atoms with van der Waals surface area (Å²) in [4.78, 5) is 10.8. The van der Waals surface area contributed by atoms with E-state index in [1.165, 1.54) is 57.6 Å². The summed E-state index contributed by atoms with van der Waals surface area (Å²) in [5.41, 5.74) is 4.85. The number of methoxy groups -OCH3 is 1. The standard InChI is InChI=1S/C28H38N4O/c1-18(2)9-7-15-32(5)16-8-13-29-28-26-20(4)25-23-17-21(33-6)10-11-24(23)31-27(25)19(3)22(26)12-14-30-28/h10-12,14,17-18,31H,7-9,13,15-16H2,1-6H3,(H,29,30). The lowest BCUT2D eigenvalue weighted by Gasteiger charge is -2.18. The van der Waals surface area contributed by atoms with Gasteiger partial charge in [0.15, 0.2) is 0 Å². The zero-order chi connectivity index (χ0) is 23.5. The number of pyridine rings is 1. The van der Waals surface area contributed by atoms with Crippen molar-refractivity contribution in [1.82, 2.24) is 14.9 Å². The van der Waals surface area contributed by atoms with Crippen LogP contribution in [0.25, 0.3) is 32.6 Å². The topological polar surface area (TPSA) is 53.2 Å². The van der Waals surface area contributed by atoms with Gasteiger partial charge in [0, 0.05) is 34.4 Å². The lowest BCUT2D eigenvalue weighted by atomic mass is 9.96. The number of nitrogens with zero attached hydrogens (tertiary/aromatic N) is 2. The summed E-state index contributed by atoms with van der Waals surface area (Å²) in [5, 5.41) is 8.57. The van der Waals surface area contributed by atoms with Crippen LogP contribution in [0.15, 0.2) is 30.5 Å². The van der Waals surface area contributed by atoms with Crippen LogP contribution in [0.2, 0.25) is 0 Å². The third-order valence-corrected chi connectivity index (χ3v) is 6.82. The lowest BCUT2D eigenvalue weighted by Crippen LogP contribution is -2.23. The van der Waals surface area contributed by atoms with Crippen molar-refractivity contribution in [2.75, 3.05) is 39.1 Å². The molecule has 33 heavy (non-hydrogen) atoms. The molecule has 4 rings (SSSR count). The van der Waals surface area contributed by atoms with Crippen LogP contribution < -0.4 is 10.1 Å². The number of ether oxygens (including phenoxy) is 1. The Kier molecular flexibility index (Phi) is 7.08. The van der Waals surface area contributed by atoms with Crippen LogP contribution in [0.3, 0.4) is 0 Å². The first-order chi connectivity index (χ1) is 15.9. The van der Waals surface area contributed by atoms with Gasteiger partial charge in [-0.2, -0.15) is 0 Å². The van der Waals surface area contributed by atoms with Gasteiger partial charge in [-0.05, 0) is 99.9 Å². The van der Waals surface area contributed by atoms with Gasteiger partial charge in [0.2, 0.25) is 0 Å². The molecule has 0 fully saturated rings. The molecule has 0 aliphatic carbocycles. The first-order valence-electron chi connectivity index (χ1n) is 12.2. The molecule has 2 aromatic carbocycles. The number of hydrogen-bond acceptors (Lipinski definition) is 4. The average Bonchev–Trinajstić information content (AvgIpc) is 3.19. The minimum atomic E-state index is 0.786. The van der Waals surface area contributed by atoms with Crippen LogP contribution in [0.1, 0.15) is 44.2 Å². The molecule has 0 atom stereocenters. The number of fused-ring (bicyclic) bond motifs is 4. The van der Waals surface area contributed by atoms with Crippen LogP contribution in [0.4, 0.5) is 5.82 Å². The van der Waals surface area contributed by atoms with Crippen LogP contribution in [0, 0.1) is 19.8 Å². The van der Waals surface area contributed by atoms with E-state index in [0.29, 0.717) is 0 Å². The van der Waals surface area contributed by atoms with Gasteiger partial charge >= 0.3 is 0 Å². The van der Waals surface area contributed by atoms with E-state index in [4.69, 9.17) is 9.72 Å². The maximum absolute atomic E-state index is 5.50. The highest BCUT2D eigenvalue weighted by atomic mass is 16.5. The van der Waals surface area contributed by atoms with E-state index in [-0.39, 0.29) is 0 Å². The minimum Gasteiger partial charge on any atom is -0.497 e. The molecular formula is C28H38N4O. The molecule has 4 aromatic rings. The van der Waals surface area contributed by atoms with E-state index in [1.807, 2.05) is 12.3 Å². The number of aromatic amines is 1. The highest BCUT2D eigenvalue weighted by Gasteiger charge is 2.17. The highest BCUT2D eigenvalue weighted by molar-refractivity contribution is 6.18. The van der Waals surface area contributed by atoms with Crippen LogP contribution in [-0.4, -0.2) is 48.7 Å². The van der Waals surface area contributed by atoms with Crippen LogP contribution >= 0.6 is 0 Å². The third kappa shape index (κ3) is 4.79. The molecule has 0 radical (unpaired) electrons. The Hall–Kier alpha value is -2.79. The van der Waals surface area contributed by atoms with Gasteiger partial charge < -0.3 is 19.9 Å². The minimum absolute atomic E-state index is 0.786. The molecule has 176 valence electrons. The summed E-state index contributed by atoms with van der Waals surface area (Å²) in [7, 11) is 3.95. The van der Waals surface area contributed by atoms with Gasteiger partial charge in [-0.25, -0.2) is 4.98 Å². The summed E-state index contributed by atoms with van der Waals surface area (Å²) in [6.45, 7) is 12.2. The van der Waals surface area contributed by atoms with E-state index in [1.54, 1.807) is 7.11 Å². The molecular weight excluding hydrogens is 408 g/mol. The molecule has 2 heterocycles. The predicted molar refractivity (Wildman–Crippen MR) is 142 cm³/mol. The van der Waals surface area contributed by atoms with Gasteiger partial charge in [-0.15, -0.1) is 0 Å². The maximum atomic E-state index is 5.50. The predicted octanol–water partition coefficient (Wildman–Crippen LogP) is 6.66. The summed E-state index contributed by atoms with van der Waals surface area (Å²) >= 11 is 0. The van der Waals surface area contributed by atoms with Crippen molar-refractivity contribution in [1.29, 1.82) is 0 Å². The number of aromatic nitrogens is 2. The molecule has 0 bridgehead atoms. The quantitative estimate of drug-likeness (QED) is 0.267. The molecule has 5 heteroatoms. The van der Waals surface area contributed by atoms with Crippen molar-refractivity contribution in [2.24, 2.45) is 5.92 Å². The number of nitrogens with one attached hydrogen (secondary N) is 2. The van der Waals surface area contributed by atoms with E-state index >= 15 is 0 Å². The zero-order valence-electron chi connectivity index (χ0n) is 21.0. The van der Waals surface area contributed by atoms with Crippen LogP contribution in [-0.2, 0) is 0 Å². The number of hydrogen-bond donors (Lipinski definition) is 2. The van der Waals surface area contributed by atoms with Crippen LogP contribution in [0.5, 0.6) is 5.75 Å². The third-order valence-electron chi connectivity index (χ3n) is 6.82. The van der Waals surface area contributed by atoms with E-state index < -0.39 is 0 Å². The Morgan fingerprint density at radius 3 is 2.58 bits per heavy atom. The fourth-order valence-corrected chi connectivity index (χ4v) is 4.95. The van der Waals surface area contributed by atoms with Crippen molar-refractivity contribution in [2.45, 2.75) is 47.0 Å². The number of aryl methyl sites for hydroxylation is 2. The lowest BCUT2D eigenvalue weighted by molar-refractivity contribution is 0.316.